The van der Waals surface area contributed by atoms with E-state index in [1.807, 2.05) is 0 Å². The maximum Gasteiger partial charge on any atom is 0.325 e. The molecule has 3 rings (SSSR count). The lowest BCUT2D eigenvalue weighted by atomic mass is 10.2. The number of fused-ring (bicyclic) bond motifs is 1. The number of benzene rings is 2. The summed E-state index contributed by atoms with van der Waals surface area (Å²) in [5.74, 6) is 0.659. The number of urea groups is 1. The van der Waals surface area contributed by atoms with Crippen molar-refractivity contribution in [2.75, 3.05) is 17.7 Å². The Balaban J connectivity index is 1.73. The fraction of sp³-hybridized carbons (Fsp3) is 0.0625. The predicted molar refractivity (Wildman–Crippen MR) is 90.0 cm³/mol. The first-order valence-corrected chi connectivity index (χ1v) is 7.52. The quantitative estimate of drug-likeness (QED) is 0.766. The second-order valence-corrected chi connectivity index (χ2v) is 5.66. The van der Waals surface area contributed by atoms with Gasteiger partial charge in [0, 0.05) is 11.8 Å². The smallest absolute Gasteiger partial charge is 0.325 e. The molecule has 1 aromatic heterocycles. The van der Waals surface area contributed by atoms with Gasteiger partial charge in [-0.05, 0) is 30.3 Å². The van der Waals surface area contributed by atoms with Crippen molar-refractivity contribution in [3.63, 3.8) is 0 Å². The van der Waals surface area contributed by atoms with Gasteiger partial charge in [-0.25, -0.2) is 9.78 Å². The minimum absolute atomic E-state index is 0.391. The van der Waals surface area contributed by atoms with Crippen molar-refractivity contribution in [1.82, 2.24) is 4.98 Å². The number of carbonyl (C=O) groups is 1. The first-order valence-electron chi connectivity index (χ1n) is 6.70. The van der Waals surface area contributed by atoms with Crippen LogP contribution < -0.4 is 15.4 Å². The van der Waals surface area contributed by atoms with Crippen molar-refractivity contribution < 1.29 is 9.53 Å². The fourth-order valence-electron chi connectivity index (χ4n) is 2.01. The van der Waals surface area contributed by atoms with E-state index in [2.05, 4.69) is 21.7 Å². The third-order valence-electron chi connectivity index (χ3n) is 3.07. The highest BCUT2D eigenvalue weighted by atomic mass is 32.1. The lowest BCUT2D eigenvalue weighted by molar-refractivity contribution is 0.262. The lowest BCUT2D eigenvalue weighted by Crippen LogP contribution is -2.19. The van der Waals surface area contributed by atoms with Crippen molar-refractivity contribution in [1.29, 1.82) is 5.26 Å². The van der Waals surface area contributed by atoms with E-state index in [9.17, 15) is 4.79 Å². The van der Waals surface area contributed by atoms with Crippen molar-refractivity contribution in [3.8, 4) is 11.8 Å². The molecule has 23 heavy (non-hydrogen) atoms. The Kier molecular flexibility index (Phi) is 4.08. The summed E-state index contributed by atoms with van der Waals surface area (Å²) in [6, 6.07) is 14.0. The second-order valence-electron chi connectivity index (χ2n) is 4.62. The molecule has 2 N–H and O–H groups in total. The van der Waals surface area contributed by atoms with Crippen LogP contribution in [0.5, 0.6) is 5.75 Å². The zero-order valence-electron chi connectivity index (χ0n) is 12.2. The van der Waals surface area contributed by atoms with Gasteiger partial charge >= 0.3 is 6.03 Å². The second kappa shape index (κ2) is 6.34. The van der Waals surface area contributed by atoms with Crippen molar-refractivity contribution in [3.05, 3.63) is 48.0 Å². The highest BCUT2D eigenvalue weighted by Gasteiger charge is 2.09. The van der Waals surface area contributed by atoms with E-state index in [0.29, 0.717) is 22.1 Å². The number of nitriles is 1. The number of ether oxygens (including phenoxy) is 1. The van der Waals surface area contributed by atoms with Gasteiger partial charge in [0.05, 0.1) is 29.0 Å². The van der Waals surface area contributed by atoms with Gasteiger partial charge in [0.1, 0.15) is 5.75 Å². The lowest BCUT2D eigenvalue weighted by Gasteiger charge is -2.06. The first-order chi connectivity index (χ1) is 11.2. The number of hydrogen-bond donors (Lipinski definition) is 2. The summed E-state index contributed by atoms with van der Waals surface area (Å²) in [5.41, 5.74) is 1.92. The third kappa shape index (κ3) is 3.39. The van der Waals surface area contributed by atoms with Gasteiger partial charge in [-0.1, -0.05) is 17.4 Å². The number of thiazole rings is 1. The maximum absolute atomic E-state index is 12.0. The van der Waals surface area contributed by atoms with Gasteiger partial charge in [0.25, 0.3) is 0 Å². The molecular weight excluding hydrogens is 312 g/mol. The van der Waals surface area contributed by atoms with Crippen LogP contribution in [-0.4, -0.2) is 18.1 Å². The molecule has 3 aromatic rings. The Morgan fingerprint density at radius 3 is 2.91 bits per heavy atom. The molecule has 0 saturated carbocycles. The van der Waals surface area contributed by atoms with Crippen LogP contribution in [0, 0.1) is 11.3 Å². The normalized spacial score (nSPS) is 10.1. The van der Waals surface area contributed by atoms with E-state index in [0.717, 1.165) is 10.2 Å². The van der Waals surface area contributed by atoms with E-state index in [1.54, 1.807) is 49.6 Å². The van der Waals surface area contributed by atoms with Gasteiger partial charge in [-0.15, -0.1) is 0 Å². The molecule has 2 aromatic carbocycles. The molecule has 0 aliphatic heterocycles. The van der Waals surface area contributed by atoms with Crippen LogP contribution in [0.2, 0.25) is 0 Å². The molecule has 6 nitrogen and oxygen atoms in total. The Morgan fingerprint density at radius 1 is 1.26 bits per heavy atom. The first kappa shape index (κ1) is 14.8. The summed E-state index contributed by atoms with van der Waals surface area (Å²) in [6.07, 6.45) is 0. The molecule has 0 bridgehead atoms. The third-order valence-corrected chi connectivity index (χ3v) is 4.00. The molecule has 0 radical (unpaired) electrons. The SMILES string of the molecule is COc1cccc(NC(=O)Nc2nc3ccc(C#N)cc3s2)c1. The average molecular weight is 324 g/mol. The standard InChI is InChI=1S/C16H12N4O2S/c1-22-12-4-2-3-11(8-12)18-15(21)20-16-19-13-6-5-10(9-17)7-14(13)23-16/h2-8H,1H3,(H2,18,19,20,21). The molecule has 0 unspecified atom stereocenters. The number of rotatable bonds is 3. The van der Waals surface area contributed by atoms with Gasteiger partial charge in [-0.3, -0.25) is 5.32 Å². The Hall–Kier alpha value is -3.11. The molecule has 0 fully saturated rings. The highest BCUT2D eigenvalue weighted by molar-refractivity contribution is 7.22. The number of amides is 2. The van der Waals surface area contributed by atoms with E-state index in [4.69, 9.17) is 10.00 Å². The molecule has 0 spiro atoms. The maximum atomic E-state index is 12.0. The number of nitrogens with one attached hydrogen (secondary N) is 2. The average Bonchev–Trinajstić information content (AvgIpc) is 2.95. The highest BCUT2D eigenvalue weighted by Crippen LogP contribution is 2.27. The monoisotopic (exact) mass is 324 g/mol. The van der Waals surface area contributed by atoms with Crippen molar-refractivity contribution >= 4 is 38.4 Å². The number of anilines is 2. The summed E-state index contributed by atoms with van der Waals surface area (Å²) < 4.78 is 5.96. The Morgan fingerprint density at radius 2 is 2.13 bits per heavy atom. The van der Waals surface area contributed by atoms with E-state index >= 15 is 0 Å². The van der Waals surface area contributed by atoms with E-state index < -0.39 is 6.03 Å². The molecule has 0 aliphatic carbocycles. The minimum atomic E-state index is -0.391. The number of aromatic nitrogens is 1. The van der Waals surface area contributed by atoms with Crippen LogP contribution in [-0.2, 0) is 0 Å². The van der Waals surface area contributed by atoms with Crippen LogP contribution in [0.3, 0.4) is 0 Å². The summed E-state index contributed by atoms with van der Waals surface area (Å²) in [5, 5.41) is 14.8. The van der Waals surface area contributed by atoms with Crippen molar-refractivity contribution in [2.45, 2.75) is 0 Å². The zero-order valence-corrected chi connectivity index (χ0v) is 13.0. The molecule has 0 aliphatic rings. The number of hydrogen-bond acceptors (Lipinski definition) is 5. The molecule has 0 saturated heterocycles. The number of nitrogens with zero attached hydrogens (tertiary/aromatic N) is 2. The molecule has 0 atom stereocenters. The van der Waals surface area contributed by atoms with Crippen molar-refractivity contribution in [2.24, 2.45) is 0 Å². The predicted octanol–water partition coefficient (Wildman–Crippen LogP) is 3.82. The van der Waals surface area contributed by atoms with Crippen LogP contribution in [0.1, 0.15) is 5.56 Å². The summed E-state index contributed by atoms with van der Waals surface area (Å²) in [4.78, 5) is 16.3. The zero-order chi connectivity index (χ0) is 16.2. The summed E-state index contributed by atoms with van der Waals surface area (Å²) in [6.45, 7) is 0. The summed E-state index contributed by atoms with van der Waals surface area (Å²) >= 11 is 1.31. The molecule has 1 heterocycles. The molecule has 114 valence electrons. The summed E-state index contributed by atoms with van der Waals surface area (Å²) in [7, 11) is 1.57. The number of methoxy groups -OCH3 is 1. The van der Waals surface area contributed by atoms with E-state index in [-0.39, 0.29) is 0 Å². The van der Waals surface area contributed by atoms with Gasteiger partial charge in [-0.2, -0.15) is 5.26 Å². The largest absolute Gasteiger partial charge is 0.497 e. The topological polar surface area (TPSA) is 87.0 Å². The molecular formula is C16H12N4O2S. The van der Waals surface area contributed by atoms with Gasteiger partial charge in [0.15, 0.2) is 5.13 Å². The Bertz CT molecular complexity index is 914. The van der Waals surface area contributed by atoms with Crippen LogP contribution in [0.15, 0.2) is 42.5 Å². The minimum Gasteiger partial charge on any atom is -0.497 e. The van der Waals surface area contributed by atoms with Crippen LogP contribution in [0.4, 0.5) is 15.6 Å². The molecule has 2 amide bonds. The van der Waals surface area contributed by atoms with E-state index in [1.165, 1.54) is 11.3 Å². The fourth-order valence-corrected chi connectivity index (χ4v) is 2.91. The van der Waals surface area contributed by atoms with Gasteiger partial charge < -0.3 is 10.1 Å². The van der Waals surface area contributed by atoms with Gasteiger partial charge in [0.2, 0.25) is 0 Å². The van der Waals surface area contributed by atoms with Crippen LogP contribution in [0.25, 0.3) is 10.2 Å². The molecule has 7 heteroatoms. The van der Waals surface area contributed by atoms with Crippen LogP contribution >= 0.6 is 11.3 Å². The number of carbonyl (C=O) groups excluding carboxylic acids is 1. The Labute approximate surface area is 136 Å².